The Morgan fingerprint density at radius 2 is 1.63 bits per heavy atom. The summed E-state index contributed by atoms with van der Waals surface area (Å²) in [7, 11) is 1.51. The Morgan fingerprint density at radius 1 is 0.810 bits per heavy atom. The van der Waals surface area contributed by atoms with Gasteiger partial charge >= 0.3 is 0 Å². The first-order valence-electron chi connectivity index (χ1n) is 29.4. The zero-order valence-corrected chi connectivity index (χ0v) is 46.6. The highest BCUT2D eigenvalue weighted by Crippen LogP contribution is 2.47. The van der Waals surface area contributed by atoms with Gasteiger partial charge in [-0.1, -0.05) is 100 Å². The third-order valence-electron chi connectivity index (χ3n) is 18.3. The van der Waals surface area contributed by atoms with Crippen molar-refractivity contribution in [3.05, 3.63) is 142 Å². The maximum absolute atomic E-state index is 15.2. The van der Waals surface area contributed by atoms with Crippen LogP contribution in [0.1, 0.15) is 148 Å². The van der Waals surface area contributed by atoms with Gasteiger partial charge in [0.2, 0.25) is 0 Å². The van der Waals surface area contributed by atoms with Gasteiger partial charge in [0.15, 0.2) is 29.2 Å². The number of dihydropyridines is 1. The molecule has 0 amide bonds. The fourth-order valence-electron chi connectivity index (χ4n) is 14.1. The normalized spacial score (nSPS) is 29.3. The number of rotatable bonds is 5. The molecule has 12 atom stereocenters. The summed E-state index contributed by atoms with van der Waals surface area (Å²) in [5, 5.41) is 70.9. The number of aromatic amines is 1. The number of carbonyl (C=O) groups is 2. The number of β-amino-alcohol motifs (C(OH)–C–C–N with tert-alkyl or cyclic N) is 1. The summed E-state index contributed by atoms with van der Waals surface area (Å²) >= 11 is 0. The lowest BCUT2D eigenvalue weighted by Gasteiger charge is -2.33. The zero-order chi connectivity index (χ0) is 55.3. The van der Waals surface area contributed by atoms with Crippen LogP contribution in [0.3, 0.4) is 0 Å². The molecule has 3 heterocycles. The number of fused-ring (bicyclic) bond motifs is 9. The molecule has 0 saturated heterocycles. The predicted molar refractivity (Wildman–Crippen MR) is 311 cm³/mol. The highest BCUT2D eigenvalue weighted by molar-refractivity contribution is 6.06. The third-order valence-corrected chi connectivity index (χ3v) is 18.3. The molecule has 0 spiro atoms. The van der Waals surface area contributed by atoms with Gasteiger partial charge in [-0.2, -0.15) is 0 Å². The summed E-state index contributed by atoms with van der Waals surface area (Å²) in [6.07, 6.45) is 12.1. The first-order valence-corrected chi connectivity index (χ1v) is 29.4. The summed E-state index contributed by atoms with van der Waals surface area (Å²) in [4.78, 5) is 33.0. The summed E-state index contributed by atoms with van der Waals surface area (Å²) in [6, 6.07) is 24.0. The Balaban J connectivity index is 1.08. The molecule has 10 rings (SSSR count). The number of Topliss-reactive ketones (excluding diaryl/α,β-unsaturated/α-hetero) is 2. The molecule has 12 nitrogen and oxygen atoms in total. The first kappa shape index (κ1) is 55.9. The van der Waals surface area contributed by atoms with E-state index in [9.17, 15) is 30.3 Å². The van der Waals surface area contributed by atoms with Crippen LogP contribution in [-0.2, 0) is 28.9 Å². The molecule has 4 aromatic carbocycles. The fraction of sp³-hybridized carbons (Fsp3) is 0.493. The van der Waals surface area contributed by atoms with Crippen molar-refractivity contribution in [2.75, 3.05) is 32.1 Å². The maximum Gasteiger partial charge on any atom is 0.173 e. The Kier molecular flexibility index (Phi) is 17.7. The highest BCUT2D eigenvalue weighted by Gasteiger charge is 2.44. The summed E-state index contributed by atoms with van der Waals surface area (Å²) in [6.45, 7) is 8.13. The smallest absolute Gasteiger partial charge is 0.173 e. The number of aryl methyl sites for hydroxylation is 1. The number of methoxy groups -OCH3 is 1. The van der Waals surface area contributed by atoms with Crippen molar-refractivity contribution < 1.29 is 39.9 Å². The first-order chi connectivity index (χ1) is 38.2. The van der Waals surface area contributed by atoms with Crippen LogP contribution in [0.2, 0.25) is 0 Å². The van der Waals surface area contributed by atoms with E-state index in [1.54, 1.807) is 12.1 Å². The van der Waals surface area contributed by atoms with Crippen LogP contribution in [0.4, 0.5) is 5.69 Å². The molecule has 0 radical (unpaired) electrons. The number of phenols is 2. The van der Waals surface area contributed by atoms with E-state index >= 15 is 4.79 Å². The zero-order valence-electron chi connectivity index (χ0n) is 46.6. The standard InChI is InChI=1S/C67H82N4O8/c1-5-9-54-48-27-42(25-41-22-23-69-64(28-41)71-50-19-16-43-14-15-47(65(76)59(43)33-50)30-52(72)38-68-36-40(3)49-29-51(70-37-49)34-61(54)74)26-45-17-20-56(55-13-7-6-12-53(55)44-11-8-10-39(2)24-44)57-35-62(75)63(79-4)32-46(57)18-21-60(73)67(78)66(77)58(45)31-48/h6-7,12-16,19,22,28-29,32-33,35,37,39-40,42,44-45,48,52,54,56,58,61,67-72,74-76,78H,5,8-11,18,21,23-27,30-31,34,36,38H2,1-4H3. The largest absolute Gasteiger partial charge is 0.507 e. The van der Waals surface area contributed by atoms with E-state index in [2.05, 4.69) is 96.0 Å². The molecule has 3 aliphatic carbocycles. The van der Waals surface area contributed by atoms with E-state index in [1.165, 1.54) is 19.1 Å². The van der Waals surface area contributed by atoms with Gasteiger partial charge in [0.05, 0.1) is 25.2 Å². The minimum absolute atomic E-state index is 0.00221. The number of hydrogen-bond acceptors (Lipinski definition) is 11. The monoisotopic (exact) mass is 1070 g/mol. The number of aromatic nitrogens is 1. The number of benzene rings is 4. The number of ether oxygens (including phenoxy) is 1. The van der Waals surface area contributed by atoms with E-state index in [0.29, 0.717) is 74.5 Å². The molecule has 79 heavy (non-hydrogen) atoms. The van der Waals surface area contributed by atoms with Crippen molar-refractivity contribution in [2.24, 2.45) is 35.5 Å². The van der Waals surface area contributed by atoms with Gasteiger partial charge in [0.25, 0.3) is 0 Å². The van der Waals surface area contributed by atoms with Gasteiger partial charge < -0.3 is 51.2 Å². The molecular formula is C67H82N4O8. The second kappa shape index (κ2) is 25.0. The number of nitrogens with one attached hydrogen (secondary N) is 4. The van der Waals surface area contributed by atoms with Gasteiger partial charge in [-0.25, -0.2) is 0 Å². The molecule has 1 aromatic heterocycles. The van der Waals surface area contributed by atoms with E-state index in [4.69, 9.17) is 4.74 Å². The van der Waals surface area contributed by atoms with Crippen molar-refractivity contribution in [1.82, 2.24) is 15.6 Å². The number of aliphatic hydroxyl groups is 3. The Hall–Kier alpha value is -6.36. The van der Waals surface area contributed by atoms with Gasteiger partial charge in [-0.05, 0) is 168 Å². The predicted octanol–water partition coefficient (Wildman–Crippen LogP) is 10.6. The second-order valence-electron chi connectivity index (χ2n) is 24.0. The number of hydrogen-bond donors (Lipinski definition) is 9. The molecule has 9 bridgehead atoms. The van der Waals surface area contributed by atoms with Crippen molar-refractivity contribution >= 4 is 28.0 Å². The van der Waals surface area contributed by atoms with Crippen molar-refractivity contribution in [2.45, 2.75) is 147 Å². The highest BCUT2D eigenvalue weighted by atomic mass is 16.5. The minimum Gasteiger partial charge on any atom is -0.507 e. The van der Waals surface area contributed by atoms with E-state index in [-0.39, 0.29) is 60.2 Å². The summed E-state index contributed by atoms with van der Waals surface area (Å²) < 4.78 is 5.63. The van der Waals surface area contributed by atoms with Crippen LogP contribution in [0, 0.1) is 47.3 Å². The van der Waals surface area contributed by atoms with Crippen molar-refractivity contribution in [3.63, 3.8) is 0 Å². The van der Waals surface area contributed by atoms with E-state index < -0.39 is 47.6 Å². The van der Waals surface area contributed by atoms with Crippen molar-refractivity contribution in [1.29, 1.82) is 0 Å². The summed E-state index contributed by atoms with van der Waals surface area (Å²) in [5.41, 5.74) is 8.43. The van der Waals surface area contributed by atoms with E-state index in [1.807, 2.05) is 36.5 Å². The average molecular weight is 1070 g/mol. The number of carbonyl (C=O) groups excluding carboxylic acids is 2. The lowest BCUT2D eigenvalue weighted by atomic mass is 9.72. The Bertz CT molecular complexity index is 3130. The number of allylic oxidation sites excluding steroid dienone is 2. The second-order valence-corrected chi connectivity index (χ2v) is 24.0. The van der Waals surface area contributed by atoms with E-state index in [0.717, 1.165) is 82.5 Å². The van der Waals surface area contributed by atoms with Crippen LogP contribution >= 0.6 is 0 Å². The van der Waals surface area contributed by atoms with Gasteiger partial charge in [-0.15, -0.1) is 0 Å². The minimum atomic E-state index is -1.84. The lowest BCUT2D eigenvalue weighted by Crippen LogP contribution is -2.40. The number of aliphatic hydroxyl groups excluding tert-OH is 3. The SMILES string of the molecule is CCCC1C(O)Cc2cc(c[nH]2)C(C)CNCC(O)Cc2ccc3ccc(cc3c2O)NC2=CC(=CCN2)CC2CC3C#CC(c4ccccc4C4CCCC(C)C4)c4cc(O)c(OC)cc4CCC(=O)C(O)C(=O)C3CC1C2. The van der Waals surface area contributed by atoms with Gasteiger partial charge in [-0.3, -0.25) is 9.59 Å². The molecule has 12 heteroatoms. The molecule has 418 valence electrons. The molecule has 2 saturated carbocycles. The molecule has 5 aliphatic rings. The Labute approximate surface area is 466 Å². The van der Waals surface area contributed by atoms with Gasteiger partial charge in [0.1, 0.15) is 11.6 Å². The topological polar surface area (TPSA) is 196 Å². The number of aromatic hydroxyl groups is 2. The summed E-state index contributed by atoms with van der Waals surface area (Å²) in [5.74, 6) is 6.57. The van der Waals surface area contributed by atoms with Crippen LogP contribution < -0.4 is 20.7 Å². The molecule has 2 fully saturated rings. The molecule has 12 unspecified atom stereocenters. The fourth-order valence-corrected chi connectivity index (χ4v) is 14.1. The van der Waals surface area contributed by atoms with Crippen molar-refractivity contribution in [3.8, 4) is 29.1 Å². The molecule has 9 N–H and O–H groups in total. The van der Waals surface area contributed by atoms with Crippen LogP contribution in [0.15, 0.2) is 103 Å². The molecule has 2 aliphatic heterocycles. The van der Waals surface area contributed by atoms with Crippen LogP contribution in [0.25, 0.3) is 10.8 Å². The number of H-pyrrole nitrogens is 1. The molecule has 5 aromatic rings. The number of phenolic OH excluding ortho intramolecular Hbond substituents is 2. The number of anilines is 1. The number of ketones is 2. The molecular weight excluding hydrogens is 989 g/mol. The van der Waals surface area contributed by atoms with Crippen LogP contribution in [-0.4, -0.2) is 87.1 Å². The lowest BCUT2D eigenvalue weighted by molar-refractivity contribution is -0.142. The Morgan fingerprint density at radius 3 is 2.44 bits per heavy atom. The van der Waals surface area contributed by atoms with Crippen LogP contribution in [0.5, 0.6) is 17.2 Å². The quantitative estimate of drug-likeness (QED) is 0.0600. The average Bonchev–Trinajstić information content (AvgIpc) is 3.97. The van der Waals surface area contributed by atoms with Gasteiger partial charge in [0, 0.05) is 73.7 Å². The third kappa shape index (κ3) is 12.8. The maximum atomic E-state index is 15.2.